The number of hydrazone groups is 1. The third-order valence-electron chi connectivity index (χ3n) is 2.62. The molecule has 0 radical (unpaired) electrons. The Labute approximate surface area is 114 Å². The number of alkyl halides is 3. The third kappa shape index (κ3) is 3.57. The van der Waals surface area contributed by atoms with Crippen LogP contribution in [0.4, 0.5) is 19.0 Å². The minimum atomic E-state index is -4.38. The fourth-order valence-corrected chi connectivity index (χ4v) is 1.51. The lowest BCUT2D eigenvalue weighted by molar-refractivity contribution is -0.137. The molecule has 0 unspecified atom stereocenters. The van der Waals surface area contributed by atoms with E-state index in [-0.39, 0.29) is 5.82 Å². The molecule has 1 aromatic heterocycles. The fraction of sp³-hybridized carbons (Fsp3) is 0.143. The summed E-state index contributed by atoms with van der Waals surface area (Å²) in [6, 6.07) is 11.6. The van der Waals surface area contributed by atoms with E-state index < -0.39 is 11.7 Å². The van der Waals surface area contributed by atoms with Crippen molar-refractivity contribution in [1.29, 1.82) is 0 Å². The predicted octanol–water partition coefficient (Wildman–Crippen LogP) is 3.94. The van der Waals surface area contributed by atoms with Gasteiger partial charge in [-0.1, -0.05) is 30.3 Å². The van der Waals surface area contributed by atoms with Gasteiger partial charge < -0.3 is 0 Å². The van der Waals surface area contributed by atoms with Gasteiger partial charge in [0, 0.05) is 6.20 Å². The molecule has 6 heteroatoms. The van der Waals surface area contributed by atoms with Crippen LogP contribution in [0.3, 0.4) is 0 Å². The molecule has 0 saturated heterocycles. The summed E-state index contributed by atoms with van der Waals surface area (Å²) in [5.41, 5.74) is 3.48. The van der Waals surface area contributed by atoms with Crippen LogP contribution in [0.5, 0.6) is 0 Å². The van der Waals surface area contributed by atoms with Crippen molar-refractivity contribution in [3.8, 4) is 0 Å². The van der Waals surface area contributed by atoms with Crippen LogP contribution in [0, 0.1) is 0 Å². The van der Waals surface area contributed by atoms with Gasteiger partial charge in [0.25, 0.3) is 0 Å². The Kier molecular flexibility index (Phi) is 4.02. The number of rotatable bonds is 3. The number of benzene rings is 1. The standard InChI is InChI=1S/C14H12F3N3/c1-10(11-5-3-2-4-6-11)19-20-13-8-7-12(9-18-13)14(15,16)17/h2-9H,1H3,(H,18,20)/b19-10+. The van der Waals surface area contributed by atoms with E-state index in [2.05, 4.69) is 15.5 Å². The molecule has 0 aliphatic rings. The second-order valence-electron chi connectivity index (χ2n) is 4.10. The minimum absolute atomic E-state index is 0.258. The minimum Gasteiger partial charge on any atom is -0.261 e. The maximum atomic E-state index is 12.4. The monoisotopic (exact) mass is 279 g/mol. The summed E-state index contributed by atoms with van der Waals surface area (Å²) in [4.78, 5) is 3.67. The van der Waals surface area contributed by atoms with Crippen LogP contribution in [0.15, 0.2) is 53.8 Å². The number of nitrogens with zero attached hydrogens (tertiary/aromatic N) is 2. The van der Waals surface area contributed by atoms with Crippen LogP contribution in [-0.2, 0) is 6.18 Å². The van der Waals surface area contributed by atoms with Crippen molar-refractivity contribution in [2.24, 2.45) is 5.10 Å². The van der Waals surface area contributed by atoms with Crippen molar-refractivity contribution >= 4 is 11.5 Å². The topological polar surface area (TPSA) is 37.3 Å². The zero-order valence-corrected chi connectivity index (χ0v) is 10.6. The molecule has 0 aliphatic heterocycles. The highest BCUT2D eigenvalue weighted by molar-refractivity contribution is 5.98. The predicted molar refractivity (Wildman–Crippen MR) is 71.5 cm³/mol. The van der Waals surface area contributed by atoms with Crippen molar-refractivity contribution in [3.63, 3.8) is 0 Å². The average molecular weight is 279 g/mol. The van der Waals surface area contributed by atoms with E-state index in [1.54, 1.807) is 6.92 Å². The fourth-order valence-electron chi connectivity index (χ4n) is 1.51. The molecule has 1 N–H and O–H groups in total. The van der Waals surface area contributed by atoms with Crippen LogP contribution in [-0.4, -0.2) is 10.7 Å². The first-order chi connectivity index (χ1) is 9.47. The van der Waals surface area contributed by atoms with E-state index >= 15 is 0 Å². The number of nitrogens with one attached hydrogen (secondary N) is 1. The molecule has 2 aromatic rings. The smallest absolute Gasteiger partial charge is 0.261 e. The number of hydrogen-bond acceptors (Lipinski definition) is 3. The van der Waals surface area contributed by atoms with Crippen LogP contribution in [0.1, 0.15) is 18.1 Å². The number of aromatic nitrogens is 1. The summed E-state index contributed by atoms with van der Waals surface area (Å²) in [6.07, 6.45) is -3.61. The van der Waals surface area contributed by atoms with Crippen LogP contribution < -0.4 is 5.43 Å². The Bertz CT molecular complexity index is 589. The Hall–Kier alpha value is -2.37. The molecule has 0 bridgehead atoms. The van der Waals surface area contributed by atoms with Gasteiger partial charge in [-0.15, -0.1) is 0 Å². The number of pyridine rings is 1. The summed E-state index contributed by atoms with van der Waals surface area (Å²) in [7, 11) is 0. The SMILES string of the molecule is C/C(=N\Nc1ccc(C(F)(F)F)cn1)c1ccccc1. The number of halogens is 3. The van der Waals surface area contributed by atoms with Crippen molar-refractivity contribution in [1.82, 2.24) is 4.98 Å². The summed E-state index contributed by atoms with van der Waals surface area (Å²) in [5.74, 6) is 0.258. The normalized spacial score (nSPS) is 12.3. The van der Waals surface area contributed by atoms with Gasteiger partial charge in [0.05, 0.1) is 11.3 Å². The van der Waals surface area contributed by atoms with Crippen molar-refractivity contribution in [2.45, 2.75) is 13.1 Å². The zero-order valence-electron chi connectivity index (χ0n) is 10.6. The van der Waals surface area contributed by atoms with Gasteiger partial charge in [-0.05, 0) is 24.6 Å². The summed E-state index contributed by atoms with van der Waals surface area (Å²) >= 11 is 0. The molecule has 3 nitrogen and oxygen atoms in total. The van der Waals surface area contributed by atoms with Crippen molar-refractivity contribution in [2.75, 3.05) is 5.43 Å². The average Bonchev–Trinajstić information content (AvgIpc) is 2.45. The third-order valence-corrected chi connectivity index (χ3v) is 2.62. The molecule has 1 heterocycles. The lowest BCUT2D eigenvalue weighted by atomic mass is 10.1. The van der Waals surface area contributed by atoms with E-state index in [0.29, 0.717) is 5.71 Å². The summed E-state index contributed by atoms with van der Waals surface area (Å²) in [5, 5.41) is 4.08. The maximum Gasteiger partial charge on any atom is 0.417 e. The van der Waals surface area contributed by atoms with Crippen LogP contribution in [0.25, 0.3) is 0 Å². The Morgan fingerprint density at radius 3 is 2.35 bits per heavy atom. The van der Waals surface area contributed by atoms with Crippen LogP contribution in [0.2, 0.25) is 0 Å². The van der Waals surface area contributed by atoms with E-state index in [4.69, 9.17) is 0 Å². The van der Waals surface area contributed by atoms with Crippen molar-refractivity contribution < 1.29 is 13.2 Å². The number of anilines is 1. The molecule has 20 heavy (non-hydrogen) atoms. The molecular weight excluding hydrogens is 267 g/mol. The van der Waals surface area contributed by atoms with E-state index in [9.17, 15) is 13.2 Å². The zero-order chi connectivity index (χ0) is 14.6. The second-order valence-corrected chi connectivity index (χ2v) is 4.10. The van der Waals surface area contributed by atoms with Crippen molar-refractivity contribution in [3.05, 3.63) is 59.8 Å². The Morgan fingerprint density at radius 1 is 1.10 bits per heavy atom. The Balaban J connectivity index is 2.08. The molecule has 104 valence electrons. The molecular formula is C14H12F3N3. The quantitative estimate of drug-likeness (QED) is 0.682. The maximum absolute atomic E-state index is 12.4. The summed E-state index contributed by atoms with van der Waals surface area (Å²) < 4.78 is 37.1. The lowest BCUT2D eigenvalue weighted by Crippen LogP contribution is -2.06. The molecule has 0 aliphatic carbocycles. The van der Waals surface area contributed by atoms with Gasteiger partial charge in [-0.3, -0.25) is 5.43 Å². The second kappa shape index (κ2) is 5.73. The summed E-state index contributed by atoms with van der Waals surface area (Å²) in [6.45, 7) is 1.80. The molecule has 0 spiro atoms. The highest BCUT2D eigenvalue weighted by atomic mass is 19.4. The first-order valence-corrected chi connectivity index (χ1v) is 5.86. The molecule has 0 amide bonds. The highest BCUT2D eigenvalue weighted by Crippen LogP contribution is 2.28. The lowest BCUT2D eigenvalue weighted by Gasteiger charge is -2.07. The highest BCUT2D eigenvalue weighted by Gasteiger charge is 2.30. The van der Waals surface area contributed by atoms with Gasteiger partial charge in [0.2, 0.25) is 0 Å². The first-order valence-electron chi connectivity index (χ1n) is 5.86. The van der Waals surface area contributed by atoms with Gasteiger partial charge in [0.15, 0.2) is 0 Å². The molecule has 0 fully saturated rings. The van der Waals surface area contributed by atoms with Gasteiger partial charge >= 0.3 is 6.18 Å². The Morgan fingerprint density at radius 2 is 1.80 bits per heavy atom. The first kappa shape index (κ1) is 14.0. The van der Waals surface area contributed by atoms with E-state index in [1.807, 2.05) is 30.3 Å². The molecule has 0 atom stereocenters. The van der Waals surface area contributed by atoms with Gasteiger partial charge in [-0.25, -0.2) is 4.98 Å². The van der Waals surface area contributed by atoms with Gasteiger partial charge in [-0.2, -0.15) is 18.3 Å². The van der Waals surface area contributed by atoms with E-state index in [1.165, 1.54) is 6.07 Å². The number of hydrogen-bond donors (Lipinski definition) is 1. The van der Waals surface area contributed by atoms with Gasteiger partial charge in [0.1, 0.15) is 5.82 Å². The molecule has 2 rings (SSSR count). The van der Waals surface area contributed by atoms with Crippen LogP contribution >= 0.6 is 0 Å². The largest absolute Gasteiger partial charge is 0.417 e. The molecule has 1 aromatic carbocycles. The molecule has 0 saturated carbocycles. The van der Waals surface area contributed by atoms with E-state index in [0.717, 1.165) is 17.8 Å².